The average Bonchev–Trinajstić information content (AvgIpc) is 3.03. The van der Waals surface area contributed by atoms with E-state index in [0.717, 1.165) is 42.1 Å². The van der Waals surface area contributed by atoms with E-state index in [9.17, 15) is 4.79 Å². The van der Waals surface area contributed by atoms with Gasteiger partial charge in [0.05, 0.1) is 11.3 Å². The van der Waals surface area contributed by atoms with E-state index in [1.165, 1.54) is 5.56 Å². The molecule has 1 amide bonds. The van der Waals surface area contributed by atoms with Gasteiger partial charge >= 0.3 is 0 Å². The van der Waals surface area contributed by atoms with Crippen LogP contribution in [0.15, 0.2) is 53.1 Å². The SMILES string of the molecule is Cc1noc(C)c1COc1ccc(C(=O)N2CCCc3ccccc32)cc1. The molecule has 1 aliphatic heterocycles. The third-order valence-electron chi connectivity index (χ3n) is 5.02. The van der Waals surface area contributed by atoms with Crippen molar-refractivity contribution in [1.82, 2.24) is 5.16 Å². The van der Waals surface area contributed by atoms with Gasteiger partial charge in [0.1, 0.15) is 18.1 Å². The second-order valence-electron chi connectivity index (χ2n) is 6.80. The molecule has 1 aromatic heterocycles. The van der Waals surface area contributed by atoms with Gasteiger partial charge in [-0.2, -0.15) is 0 Å². The van der Waals surface area contributed by atoms with Crippen LogP contribution in [-0.2, 0) is 13.0 Å². The highest BCUT2D eigenvalue weighted by atomic mass is 16.5. The van der Waals surface area contributed by atoms with Crippen molar-refractivity contribution in [2.75, 3.05) is 11.4 Å². The second-order valence-corrected chi connectivity index (χ2v) is 6.80. The summed E-state index contributed by atoms with van der Waals surface area (Å²) in [7, 11) is 0. The molecule has 0 saturated heterocycles. The maximum Gasteiger partial charge on any atom is 0.258 e. The fourth-order valence-electron chi connectivity index (χ4n) is 3.46. The number of benzene rings is 2. The highest BCUT2D eigenvalue weighted by Gasteiger charge is 2.23. The van der Waals surface area contributed by atoms with Crippen LogP contribution in [0.2, 0.25) is 0 Å². The number of rotatable bonds is 4. The van der Waals surface area contributed by atoms with E-state index in [1.54, 1.807) is 0 Å². The van der Waals surface area contributed by atoms with E-state index in [2.05, 4.69) is 11.2 Å². The molecule has 4 rings (SSSR count). The maximum atomic E-state index is 13.0. The molecule has 0 aliphatic carbocycles. The fraction of sp³-hybridized carbons (Fsp3) is 0.273. The molecule has 2 heterocycles. The zero-order chi connectivity index (χ0) is 18.8. The van der Waals surface area contributed by atoms with Gasteiger partial charge in [-0.1, -0.05) is 23.4 Å². The molecule has 0 fully saturated rings. The number of carbonyl (C=O) groups excluding carboxylic acids is 1. The number of hydrogen-bond acceptors (Lipinski definition) is 4. The molecule has 1 aliphatic rings. The summed E-state index contributed by atoms with van der Waals surface area (Å²) in [6.07, 6.45) is 2.01. The summed E-state index contributed by atoms with van der Waals surface area (Å²) < 4.78 is 11.0. The number of carbonyl (C=O) groups is 1. The Morgan fingerprint density at radius 1 is 1.15 bits per heavy atom. The van der Waals surface area contributed by atoms with Crippen LogP contribution in [0.1, 0.15) is 39.4 Å². The number of nitrogens with zero attached hydrogens (tertiary/aromatic N) is 2. The molecular weight excluding hydrogens is 340 g/mol. The van der Waals surface area contributed by atoms with Crippen LogP contribution in [0.4, 0.5) is 5.69 Å². The summed E-state index contributed by atoms with van der Waals surface area (Å²) in [6, 6.07) is 15.4. The van der Waals surface area contributed by atoms with E-state index < -0.39 is 0 Å². The van der Waals surface area contributed by atoms with Crippen molar-refractivity contribution in [3.05, 3.63) is 76.7 Å². The van der Waals surface area contributed by atoms with Crippen molar-refractivity contribution in [3.8, 4) is 5.75 Å². The van der Waals surface area contributed by atoms with Gasteiger partial charge in [-0.05, 0) is 62.6 Å². The molecular formula is C22H22N2O3. The van der Waals surface area contributed by atoms with E-state index in [1.807, 2.05) is 61.2 Å². The van der Waals surface area contributed by atoms with Crippen LogP contribution in [0.5, 0.6) is 5.75 Å². The first kappa shape index (κ1) is 17.3. The molecule has 27 heavy (non-hydrogen) atoms. The molecule has 0 saturated carbocycles. The third-order valence-corrected chi connectivity index (χ3v) is 5.02. The van der Waals surface area contributed by atoms with Crippen molar-refractivity contribution in [1.29, 1.82) is 0 Å². The zero-order valence-electron chi connectivity index (χ0n) is 15.6. The minimum Gasteiger partial charge on any atom is -0.489 e. The molecule has 2 aromatic carbocycles. The number of aromatic nitrogens is 1. The normalized spacial score (nSPS) is 13.3. The van der Waals surface area contributed by atoms with E-state index in [0.29, 0.717) is 17.9 Å². The lowest BCUT2D eigenvalue weighted by molar-refractivity contribution is 0.0985. The van der Waals surface area contributed by atoms with Crippen LogP contribution < -0.4 is 9.64 Å². The Balaban J connectivity index is 1.47. The van der Waals surface area contributed by atoms with Crippen molar-refractivity contribution in [2.24, 2.45) is 0 Å². The minimum atomic E-state index is 0.0272. The lowest BCUT2D eigenvalue weighted by Gasteiger charge is -2.29. The Bertz CT molecular complexity index is 940. The average molecular weight is 362 g/mol. The number of hydrogen-bond donors (Lipinski definition) is 0. The Morgan fingerprint density at radius 3 is 2.67 bits per heavy atom. The van der Waals surface area contributed by atoms with Gasteiger partial charge < -0.3 is 14.2 Å². The number of amides is 1. The lowest BCUT2D eigenvalue weighted by Crippen LogP contribution is -2.35. The summed E-state index contributed by atoms with van der Waals surface area (Å²) in [5.74, 6) is 1.51. The first-order chi connectivity index (χ1) is 13.1. The van der Waals surface area contributed by atoms with Crippen LogP contribution in [0.3, 0.4) is 0 Å². The van der Waals surface area contributed by atoms with Gasteiger partial charge in [-0.15, -0.1) is 0 Å². The smallest absolute Gasteiger partial charge is 0.258 e. The Morgan fingerprint density at radius 2 is 1.93 bits per heavy atom. The molecule has 0 unspecified atom stereocenters. The number of ether oxygens (including phenoxy) is 1. The van der Waals surface area contributed by atoms with Gasteiger partial charge in [0.15, 0.2) is 0 Å². The number of aryl methyl sites for hydroxylation is 3. The molecule has 0 atom stereocenters. The lowest BCUT2D eigenvalue weighted by atomic mass is 10.0. The van der Waals surface area contributed by atoms with Gasteiger partial charge in [-0.3, -0.25) is 4.79 Å². The molecule has 0 N–H and O–H groups in total. The van der Waals surface area contributed by atoms with Crippen LogP contribution in [0.25, 0.3) is 0 Å². The summed E-state index contributed by atoms with van der Waals surface area (Å²) in [5, 5.41) is 3.93. The van der Waals surface area contributed by atoms with Crippen molar-refractivity contribution in [2.45, 2.75) is 33.3 Å². The summed E-state index contributed by atoms with van der Waals surface area (Å²) in [5.41, 5.74) is 4.71. The first-order valence-electron chi connectivity index (χ1n) is 9.18. The zero-order valence-corrected chi connectivity index (χ0v) is 15.6. The first-order valence-corrected chi connectivity index (χ1v) is 9.18. The van der Waals surface area contributed by atoms with E-state index in [-0.39, 0.29) is 5.91 Å². The van der Waals surface area contributed by atoms with Gasteiger partial charge in [0.2, 0.25) is 0 Å². The van der Waals surface area contributed by atoms with Crippen LogP contribution in [0, 0.1) is 13.8 Å². The Kier molecular flexibility index (Phi) is 4.67. The molecule has 0 bridgehead atoms. The van der Waals surface area contributed by atoms with Crippen molar-refractivity contribution in [3.63, 3.8) is 0 Å². The Labute approximate surface area is 158 Å². The third kappa shape index (κ3) is 3.45. The van der Waals surface area contributed by atoms with Gasteiger partial charge in [0.25, 0.3) is 5.91 Å². The van der Waals surface area contributed by atoms with Gasteiger partial charge in [0, 0.05) is 17.8 Å². The summed E-state index contributed by atoms with van der Waals surface area (Å²) >= 11 is 0. The molecule has 0 spiro atoms. The largest absolute Gasteiger partial charge is 0.489 e. The topological polar surface area (TPSA) is 55.6 Å². The van der Waals surface area contributed by atoms with Gasteiger partial charge in [-0.25, -0.2) is 0 Å². The maximum absolute atomic E-state index is 13.0. The van der Waals surface area contributed by atoms with Crippen molar-refractivity contribution < 1.29 is 14.1 Å². The van der Waals surface area contributed by atoms with Crippen LogP contribution in [-0.4, -0.2) is 17.6 Å². The minimum absolute atomic E-state index is 0.0272. The standard InChI is InChI=1S/C22H22N2O3/c1-15-20(16(2)27-23-15)14-26-19-11-9-18(10-12-19)22(25)24-13-5-7-17-6-3-4-8-21(17)24/h3-4,6,8-12H,5,7,13-14H2,1-2H3. The number of anilines is 1. The molecule has 3 aromatic rings. The molecule has 138 valence electrons. The number of fused-ring (bicyclic) bond motifs is 1. The monoisotopic (exact) mass is 362 g/mol. The van der Waals surface area contributed by atoms with E-state index in [4.69, 9.17) is 9.26 Å². The van der Waals surface area contributed by atoms with Crippen molar-refractivity contribution >= 4 is 11.6 Å². The predicted molar refractivity (Wildman–Crippen MR) is 103 cm³/mol. The molecule has 0 radical (unpaired) electrons. The molecule has 5 nitrogen and oxygen atoms in total. The Hall–Kier alpha value is -3.08. The molecule has 5 heteroatoms. The quantitative estimate of drug-likeness (QED) is 0.687. The number of para-hydroxylation sites is 1. The fourth-order valence-corrected chi connectivity index (χ4v) is 3.46. The highest BCUT2D eigenvalue weighted by molar-refractivity contribution is 6.06. The highest BCUT2D eigenvalue weighted by Crippen LogP contribution is 2.28. The second kappa shape index (κ2) is 7.27. The summed E-state index contributed by atoms with van der Waals surface area (Å²) in [4.78, 5) is 14.8. The van der Waals surface area contributed by atoms with Crippen LogP contribution >= 0.6 is 0 Å². The van der Waals surface area contributed by atoms with E-state index >= 15 is 0 Å². The summed E-state index contributed by atoms with van der Waals surface area (Å²) in [6.45, 7) is 4.92. The predicted octanol–water partition coefficient (Wildman–Crippen LogP) is 4.46.